The Labute approximate surface area is 109 Å². The Balaban J connectivity index is 2.66. The van der Waals surface area contributed by atoms with Crippen molar-refractivity contribution in [2.75, 3.05) is 6.54 Å². The zero-order valence-corrected chi connectivity index (χ0v) is 11.6. The molecule has 1 rings (SSSR count). The van der Waals surface area contributed by atoms with Gasteiger partial charge in [-0.2, -0.15) is 5.10 Å². The van der Waals surface area contributed by atoms with Gasteiger partial charge in [0.15, 0.2) is 0 Å². The first-order chi connectivity index (χ1) is 8.62. The number of aromatic nitrogens is 2. The Hall–Kier alpha value is -1.36. The summed E-state index contributed by atoms with van der Waals surface area (Å²) in [7, 11) is 0. The molecule has 0 aromatic carbocycles. The van der Waals surface area contributed by atoms with Crippen LogP contribution in [0, 0.1) is 0 Å². The summed E-state index contributed by atoms with van der Waals surface area (Å²) in [5, 5.41) is 7.62. The van der Waals surface area contributed by atoms with Crippen molar-refractivity contribution in [2.24, 2.45) is 5.73 Å². The molecule has 1 atom stereocenters. The van der Waals surface area contributed by atoms with E-state index in [4.69, 9.17) is 5.73 Å². The van der Waals surface area contributed by atoms with Crippen LogP contribution >= 0.6 is 0 Å². The molecular formula is C13H24N4O. The molecule has 1 amide bonds. The fourth-order valence-corrected chi connectivity index (χ4v) is 2.01. The minimum atomic E-state index is -0.294. The maximum Gasteiger partial charge on any atom is 0.234 e. The molecule has 0 saturated carbocycles. The number of carbonyl (C=O) groups excluding carboxylic acids is 1. The maximum atomic E-state index is 11.3. The van der Waals surface area contributed by atoms with E-state index in [1.807, 2.05) is 11.6 Å². The topological polar surface area (TPSA) is 72.9 Å². The lowest BCUT2D eigenvalue weighted by Gasteiger charge is -2.14. The third kappa shape index (κ3) is 3.84. The summed E-state index contributed by atoms with van der Waals surface area (Å²) < 4.78 is 1.99. The van der Waals surface area contributed by atoms with Gasteiger partial charge in [-0.15, -0.1) is 0 Å². The number of amides is 1. The Morgan fingerprint density at radius 1 is 1.44 bits per heavy atom. The van der Waals surface area contributed by atoms with Crippen molar-refractivity contribution in [1.29, 1.82) is 0 Å². The molecule has 1 aromatic rings. The van der Waals surface area contributed by atoms with E-state index in [0.717, 1.165) is 31.6 Å². The van der Waals surface area contributed by atoms with Gasteiger partial charge in [-0.1, -0.05) is 20.8 Å². The van der Waals surface area contributed by atoms with E-state index in [1.54, 1.807) is 0 Å². The summed E-state index contributed by atoms with van der Waals surface area (Å²) >= 11 is 0. The van der Waals surface area contributed by atoms with Gasteiger partial charge in [0.1, 0.15) is 0 Å². The second kappa shape index (κ2) is 7.16. The molecule has 0 spiro atoms. The molecule has 1 unspecified atom stereocenters. The Morgan fingerprint density at radius 3 is 2.67 bits per heavy atom. The van der Waals surface area contributed by atoms with Gasteiger partial charge in [0.05, 0.1) is 11.7 Å². The summed E-state index contributed by atoms with van der Waals surface area (Å²) in [5.74, 6) is -0.294. The summed E-state index contributed by atoms with van der Waals surface area (Å²) in [6, 6.07) is 1.86. The molecule has 5 heteroatoms. The molecule has 3 N–H and O–H groups in total. The highest BCUT2D eigenvalue weighted by molar-refractivity contribution is 5.79. The number of rotatable bonds is 8. The van der Waals surface area contributed by atoms with Gasteiger partial charge < -0.3 is 11.1 Å². The Kier molecular flexibility index (Phi) is 5.85. The molecule has 0 aliphatic heterocycles. The first-order valence-electron chi connectivity index (χ1n) is 6.70. The zero-order valence-electron chi connectivity index (χ0n) is 11.6. The van der Waals surface area contributed by atoms with Crippen LogP contribution in [0.15, 0.2) is 6.07 Å². The molecule has 0 fully saturated rings. The zero-order chi connectivity index (χ0) is 13.5. The molecule has 0 saturated heterocycles. The van der Waals surface area contributed by atoms with Crippen LogP contribution < -0.4 is 11.1 Å². The highest BCUT2D eigenvalue weighted by Crippen LogP contribution is 2.08. The average molecular weight is 252 g/mol. The van der Waals surface area contributed by atoms with Crippen molar-refractivity contribution >= 4 is 5.91 Å². The molecule has 0 aliphatic carbocycles. The standard InChI is InChI=1S/C13H24N4O/c1-4-10-9-11(5-2)17(16-10)8-7-12(13(14)18)15-6-3/h9,12,15H,4-8H2,1-3H3,(H2,14,18). The van der Waals surface area contributed by atoms with Crippen molar-refractivity contribution in [1.82, 2.24) is 15.1 Å². The van der Waals surface area contributed by atoms with E-state index in [2.05, 4.69) is 30.3 Å². The number of nitrogens with one attached hydrogen (secondary N) is 1. The SMILES string of the molecule is CCNC(CCn1nc(CC)cc1CC)C(N)=O. The predicted octanol–water partition coefficient (Wildman–Crippen LogP) is 0.861. The van der Waals surface area contributed by atoms with Gasteiger partial charge in [0.25, 0.3) is 0 Å². The third-order valence-electron chi connectivity index (χ3n) is 3.06. The van der Waals surface area contributed by atoms with Crippen LogP contribution in [0.2, 0.25) is 0 Å². The predicted molar refractivity (Wildman–Crippen MR) is 72.3 cm³/mol. The van der Waals surface area contributed by atoms with Crippen LogP contribution in [0.25, 0.3) is 0 Å². The van der Waals surface area contributed by atoms with Gasteiger partial charge in [-0.05, 0) is 31.9 Å². The van der Waals surface area contributed by atoms with Crippen molar-refractivity contribution in [3.8, 4) is 0 Å². The van der Waals surface area contributed by atoms with Crippen LogP contribution in [0.1, 0.15) is 38.6 Å². The van der Waals surface area contributed by atoms with Gasteiger partial charge in [-0.3, -0.25) is 9.48 Å². The molecule has 0 bridgehead atoms. The number of likely N-dealkylation sites (N-methyl/N-ethyl adjacent to an activating group) is 1. The Bertz CT molecular complexity index is 386. The molecule has 102 valence electrons. The quantitative estimate of drug-likeness (QED) is 0.721. The number of hydrogen-bond acceptors (Lipinski definition) is 3. The minimum absolute atomic E-state index is 0.269. The lowest BCUT2D eigenvalue weighted by molar-refractivity contribution is -0.120. The van der Waals surface area contributed by atoms with Crippen LogP contribution in [-0.2, 0) is 24.2 Å². The molecule has 18 heavy (non-hydrogen) atoms. The van der Waals surface area contributed by atoms with Crippen LogP contribution in [0.5, 0.6) is 0 Å². The van der Waals surface area contributed by atoms with E-state index in [9.17, 15) is 4.79 Å². The van der Waals surface area contributed by atoms with Crippen molar-refractivity contribution in [2.45, 2.75) is 52.6 Å². The first-order valence-corrected chi connectivity index (χ1v) is 6.70. The summed E-state index contributed by atoms with van der Waals surface area (Å²) in [5.41, 5.74) is 7.67. The van der Waals surface area contributed by atoms with Gasteiger partial charge in [0.2, 0.25) is 5.91 Å². The fraction of sp³-hybridized carbons (Fsp3) is 0.692. The van der Waals surface area contributed by atoms with Gasteiger partial charge >= 0.3 is 0 Å². The lowest BCUT2D eigenvalue weighted by Crippen LogP contribution is -2.41. The van der Waals surface area contributed by atoms with Crippen molar-refractivity contribution in [3.63, 3.8) is 0 Å². The lowest BCUT2D eigenvalue weighted by atomic mass is 10.2. The Morgan fingerprint density at radius 2 is 2.17 bits per heavy atom. The van der Waals surface area contributed by atoms with Crippen LogP contribution in [0.3, 0.4) is 0 Å². The summed E-state index contributed by atoms with van der Waals surface area (Å²) in [4.78, 5) is 11.3. The van der Waals surface area contributed by atoms with Crippen molar-refractivity contribution in [3.05, 3.63) is 17.5 Å². The maximum absolute atomic E-state index is 11.3. The highest BCUT2D eigenvalue weighted by Gasteiger charge is 2.14. The van der Waals surface area contributed by atoms with Crippen molar-refractivity contribution < 1.29 is 4.79 Å². The molecule has 1 heterocycles. The number of primary amides is 1. The van der Waals surface area contributed by atoms with Gasteiger partial charge in [0, 0.05) is 12.2 Å². The van der Waals surface area contributed by atoms with Gasteiger partial charge in [-0.25, -0.2) is 0 Å². The fourth-order valence-electron chi connectivity index (χ4n) is 2.01. The van der Waals surface area contributed by atoms with E-state index < -0.39 is 0 Å². The first kappa shape index (κ1) is 14.7. The average Bonchev–Trinajstić information content (AvgIpc) is 2.76. The monoisotopic (exact) mass is 252 g/mol. The number of aryl methyl sites for hydroxylation is 3. The van der Waals surface area contributed by atoms with E-state index in [1.165, 1.54) is 5.69 Å². The molecular weight excluding hydrogens is 228 g/mol. The second-order valence-corrected chi connectivity index (χ2v) is 4.36. The highest BCUT2D eigenvalue weighted by atomic mass is 16.1. The smallest absolute Gasteiger partial charge is 0.234 e. The van der Waals surface area contributed by atoms with Crippen LogP contribution in [0.4, 0.5) is 0 Å². The third-order valence-corrected chi connectivity index (χ3v) is 3.06. The molecule has 1 aromatic heterocycles. The number of nitrogens with two attached hydrogens (primary N) is 1. The number of nitrogens with zero attached hydrogens (tertiary/aromatic N) is 2. The minimum Gasteiger partial charge on any atom is -0.368 e. The normalized spacial score (nSPS) is 12.6. The van der Waals surface area contributed by atoms with E-state index in [-0.39, 0.29) is 11.9 Å². The van der Waals surface area contributed by atoms with E-state index >= 15 is 0 Å². The number of carbonyl (C=O) groups is 1. The van der Waals surface area contributed by atoms with E-state index in [0.29, 0.717) is 6.42 Å². The molecule has 0 aliphatic rings. The molecule has 0 radical (unpaired) electrons. The summed E-state index contributed by atoms with van der Waals surface area (Å²) in [6.45, 7) is 7.65. The van der Waals surface area contributed by atoms with Crippen LogP contribution in [-0.4, -0.2) is 28.3 Å². The summed E-state index contributed by atoms with van der Waals surface area (Å²) in [6.07, 6.45) is 2.57. The second-order valence-electron chi connectivity index (χ2n) is 4.36. The number of hydrogen-bond donors (Lipinski definition) is 2. The largest absolute Gasteiger partial charge is 0.368 e. The molecule has 5 nitrogen and oxygen atoms in total.